The van der Waals surface area contributed by atoms with E-state index in [0.29, 0.717) is 13.2 Å². The molecule has 5 nitrogen and oxygen atoms in total. The highest BCUT2D eigenvalue weighted by Crippen LogP contribution is 2.20. The molecule has 0 bridgehead atoms. The molecular formula is C16H18N4O. The number of anilines is 1. The molecule has 2 aromatic heterocycles. The van der Waals surface area contributed by atoms with Gasteiger partial charge in [0.05, 0.1) is 29.7 Å². The average molecular weight is 282 g/mol. The zero-order valence-electron chi connectivity index (χ0n) is 12.2. The van der Waals surface area contributed by atoms with Crippen LogP contribution in [-0.4, -0.2) is 34.8 Å². The Kier molecular flexibility index (Phi) is 3.83. The predicted molar refractivity (Wildman–Crippen MR) is 84.0 cm³/mol. The van der Waals surface area contributed by atoms with Crippen molar-refractivity contribution in [1.82, 2.24) is 14.5 Å². The van der Waals surface area contributed by atoms with Crippen LogP contribution in [0.3, 0.4) is 0 Å². The first-order valence-electron chi connectivity index (χ1n) is 6.92. The Morgan fingerprint density at radius 1 is 1.29 bits per heavy atom. The quantitative estimate of drug-likeness (QED) is 0.731. The normalized spacial score (nSPS) is 11.0. The highest BCUT2D eigenvalue weighted by Gasteiger charge is 2.08. The summed E-state index contributed by atoms with van der Waals surface area (Å²) in [4.78, 5) is 9.01. The number of benzene rings is 1. The van der Waals surface area contributed by atoms with Gasteiger partial charge in [0.25, 0.3) is 0 Å². The maximum absolute atomic E-state index is 5.06. The Labute approximate surface area is 123 Å². The SMILES string of the molecule is COCCNc1nc(C)cn1-c1cnc2ccccc2c1. The number of aryl methyl sites for hydroxylation is 1. The van der Waals surface area contributed by atoms with Crippen molar-refractivity contribution in [3.8, 4) is 5.69 Å². The van der Waals surface area contributed by atoms with Crippen molar-refractivity contribution in [3.63, 3.8) is 0 Å². The number of ether oxygens (including phenoxy) is 1. The highest BCUT2D eigenvalue weighted by atomic mass is 16.5. The molecule has 0 aliphatic heterocycles. The smallest absolute Gasteiger partial charge is 0.207 e. The van der Waals surface area contributed by atoms with Gasteiger partial charge in [0.2, 0.25) is 5.95 Å². The van der Waals surface area contributed by atoms with E-state index in [1.54, 1.807) is 7.11 Å². The number of rotatable bonds is 5. The number of imidazole rings is 1. The number of nitrogens with zero attached hydrogens (tertiary/aromatic N) is 3. The topological polar surface area (TPSA) is 52.0 Å². The van der Waals surface area contributed by atoms with E-state index in [0.717, 1.165) is 28.2 Å². The summed E-state index contributed by atoms with van der Waals surface area (Å²) in [5.74, 6) is 0.807. The van der Waals surface area contributed by atoms with Gasteiger partial charge >= 0.3 is 0 Å². The van der Waals surface area contributed by atoms with Crippen molar-refractivity contribution in [1.29, 1.82) is 0 Å². The summed E-state index contributed by atoms with van der Waals surface area (Å²) in [6.45, 7) is 3.34. The van der Waals surface area contributed by atoms with Crippen LogP contribution in [-0.2, 0) is 4.74 Å². The lowest BCUT2D eigenvalue weighted by molar-refractivity contribution is 0.210. The van der Waals surface area contributed by atoms with Crippen LogP contribution in [0.2, 0.25) is 0 Å². The van der Waals surface area contributed by atoms with Gasteiger partial charge in [-0.15, -0.1) is 0 Å². The van der Waals surface area contributed by atoms with Crippen molar-refractivity contribution in [2.45, 2.75) is 6.92 Å². The van der Waals surface area contributed by atoms with E-state index in [1.165, 1.54) is 0 Å². The number of methoxy groups -OCH3 is 1. The molecule has 0 radical (unpaired) electrons. The van der Waals surface area contributed by atoms with Gasteiger partial charge in [-0.25, -0.2) is 4.98 Å². The molecule has 0 unspecified atom stereocenters. The van der Waals surface area contributed by atoms with Gasteiger partial charge in [0.1, 0.15) is 0 Å². The largest absolute Gasteiger partial charge is 0.383 e. The number of aromatic nitrogens is 3. The zero-order valence-corrected chi connectivity index (χ0v) is 12.2. The standard InChI is InChI=1S/C16H18N4O/c1-12-11-20(16(19-12)17-7-8-21-2)14-9-13-5-3-4-6-15(13)18-10-14/h3-6,9-11H,7-8H2,1-2H3,(H,17,19). The first kappa shape index (κ1) is 13.6. The maximum Gasteiger partial charge on any atom is 0.207 e. The van der Waals surface area contributed by atoms with E-state index in [1.807, 2.05) is 42.1 Å². The molecule has 1 N–H and O–H groups in total. The lowest BCUT2D eigenvalue weighted by atomic mass is 10.2. The average Bonchev–Trinajstić information content (AvgIpc) is 2.88. The predicted octanol–water partition coefficient (Wildman–Crippen LogP) is 2.79. The van der Waals surface area contributed by atoms with E-state index in [4.69, 9.17) is 4.74 Å². The summed E-state index contributed by atoms with van der Waals surface area (Å²) < 4.78 is 7.08. The molecule has 3 aromatic rings. The second-order valence-corrected chi connectivity index (χ2v) is 4.88. The van der Waals surface area contributed by atoms with Crippen LogP contribution in [0.25, 0.3) is 16.6 Å². The summed E-state index contributed by atoms with van der Waals surface area (Å²) in [6, 6.07) is 10.2. The van der Waals surface area contributed by atoms with Crippen LogP contribution in [0.5, 0.6) is 0 Å². The fourth-order valence-corrected chi connectivity index (χ4v) is 2.28. The third-order valence-electron chi connectivity index (χ3n) is 3.27. The van der Waals surface area contributed by atoms with Gasteiger partial charge < -0.3 is 10.1 Å². The Morgan fingerprint density at radius 2 is 2.14 bits per heavy atom. The number of hydrogen-bond donors (Lipinski definition) is 1. The van der Waals surface area contributed by atoms with Gasteiger partial charge in [-0.3, -0.25) is 9.55 Å². The third kappa shape index (κ3) is 2.87. The van der Waals surface area contributed by atoms with Crippen molar-refractivity contribution in [2.24, 2.45) is 0 Å². The van der Waals surface area contributed by atoms with E-state index in [2.05, 4.69) is 27.4 Å². The molecule has 0 atom stereocenters. The minimum Gasteiger partial charge on any atom is -0.383 e. The second-order valence-electron chi connectivity index (χ2n) is 4.88. The van der Waals surface area contributed by atoms with Crippen molar-refractivity contribution >= 4 is 16.9 Å². The summed E-state index contributed by atoms with van der Waals surface area (Å²) in [5.41, 5.74) is 2.95. The van der Waals surface area contributed by atoms with Gasteiger partial charge in [-0.1, -0.05) is 18.2 Å². The van der Waals surface area contributed by atoms with E-state index in [9.17, 15) is 0 Å². The number of hydrogen-bond acceptors (Lipinski definition) is 4. The Morgan fingerprint density at radius 3 is 3.00 bits per heavy atom. The van der Waals surface area contributed by atoms with Crippen molar-refractivity contribution < 1.29 is 4.74 Å². The number of fused-ring (bicyclic) bond motifs is 1. The number of para-hydroxylation sites is 1. The van der Waals surface area contributed by atoms with Crippen LogP contribution in [0, 0.1) is 6.92 Å². The molecule has 0 fully saturated rings. The fraction of sp³-hybridized carbons (Fsp3) is 0.250. The molecule has 0 aliphatic rings. The Bertz CT molecular complexity index is 751. The molecule has 3 rings (SSSR count). The monoisotopic (exact) mass is 282 g/mol. The van der Waals surface area contributed by atoms with E-state index < -0.39 is 0 Å². The Hall–Kier alpha value is -2.40. The number of pyridine rings is 1. The lowest BCUT2D eigenvalue weighted by Gasteiger charge is -2.10. The van der Waals surface area contributed by atoms with Gasteiger partial charge in [0, 0.05) is 25.2 Å². The first-order chi connectivity index (χ1) is 10.3. The fourth-order valence-electron chi connectivity index (χ4n) is 2.28. The molecule has 0 saturated heterocycles. The van der Waals surface area contributed by atoms with E-state index >= 15 is 0 Å². The van der Waals surface area contributed by atoms with Crippen LogP contribution in [0.4, 0.5) is 5.95 Å². The van der Waals surface area contributed by atoms with Crippen LogP contribution < -0.4 is 5.32 Å². The van der Waals surface area contributed by atoms with Crippen LogP contribution >= 0.6 is 0 Å². The molecule has 0 saturated carbocycles. The molecule has 5 heteroatoms. The van der Waals surface area contributed by atoms with Crippen LogP contribution in [0.1, 0.15) is 5.69 Å². The van der Waals surface area contributed by atoms with Gasteiger partial charge in [-0.05, 0) is 19.1 Å². The summed E-state index contributed by atoms with van der Waals surface area (Å²) in [5, 5.41) is 4.40. The highest BCUT2D eigenvalue weighted by molar-refractivity contribution is 5.80. The molecule has 21 heavy (non-hydrogen) atoms. The molecular weight excluding hydrogens is 264 g/mol. The lowest BCUT2D eigenvalue weighted by Crippen LogP contribution is -2.11. The molecule has 1 aromatic carbocycles. The zero-order chi connectivity index (χ0) is 14.7. The third-order valence-corrected chi connectivity index (χ3v) is 3.27. The molecule has 0 aliphatic carbocycles. The minimum atomic E-state index is 0.641. The van der Waals surface area contributed by atoms with Crippen LogP contribution in [0.15, 0.2) is 42.7 Å². The summed E-state index contributed by atoms with van der Waals surface area (Å²) in [6.07, 6.45) is 3.87. The summed E-state index contributed by atoms with van der Waals surface area (Å²) >= 11 is 0. The molecule has 2 heterocycles. The second kappa shape index (κ2) is 5.93. The maximum atomic E-state index is 5.06. The molecule has 0 amide bonds. The van der Waals surface area contributed by atoms with Crippen molar-refractivity contribution in [2.75, 3.05) is 25.6 Å². The van der Waals surface area contributed by atoms with E-state index in [-0.39, 0.29) is 0 Å². The minimum absolute atomic E-state index is 0.641. The molecule has 0 spiro atoms. The molecule has 108 valence electrons. The van der Waals surface area contributed by atoms with Gasteiger partial charge in [-0.2, -0.15) is 0 Å². The first-order valence-corrected chi connectivity index (χ1v) is 6.92. The Balaban J connectivity index is 1.97. The van der Waals surface area contributed by atoms with Gasteiger partial charge in [0.15, 0.2) is 0 Å². The van der Waals surface area contributed by atoms with Crippen molar-refractivity contribution in [3.05, 3.63) is 48.4 Å². The number of nitrogens with one attached hydrogen (secondary N) is 1. The summed E-state index contributed by atoms with van der Waals surface area (Å²) in [7, 11) is 1.69.